The van der Waals surface area contributed by atoms with Crippen LogP contribution < -0.4 is 5.32 Å². The van der Waals surface area contributed by atoms with Crippen LogP contribution in [0, 0.1) is 9.39 Å². The molecule has 6 heteroatoms. The second-order valence-electron chi connectivity index (χ2n) is 4.32. The molecule has 2 aromatic rings. The summed E-state index contributed by atoms with van der Waals surface area (Å²) in [6.07, 6.45) is 1.04. The van der Waals surface area contributed by atoms with Gasteiger partial charge in [-0.3, -0.25) is 0 Å². The van der Waals surface area contributed by atoms with Crippen molar-refractivity contribution < 1.29 is 4.39 Å². The molecule has 0 bridgehead atoms. The molecule has 0 aliphatic rings. The van der Waals surface area contributed by atoms with Gasteiger partial charge in [-0.25, -0.2) is 4.39 Å². The van der Waals surface area contributed by atoms with Gasteiger partial charge in [0.05, 0.1) is 6.04 Å². The molecule has 2 rings (SSSR count). The standard InChI is InChI=1S/C14H13BrClFINS/c1-2-5-19-13(12-7-10(15)14(16)20-12)9-4-3-8(17)6-11(9)18/h3-4,6-7,13,19H,2,5H2,1H3. The number of thiophene rings is 1. The highest BCUT2D eigenvalue weighted by Crippen LogP contribution is 2.38. The van der Waals surface area contributed by atoms with Gasteiger partial charge < -0.3 is 5.32 Å². The first-order valence-corrected chi connectivity index (χ1v) is 9.22. The molecule has 0 spiro atoms. The van der Waals surface area contributed by atoms with Crippen molar-refractivity contribution in [2.45, 2.75) is 19.4 Å². The fourth-order valence-electron chi connectivity index (χ4n) is 1.89. The van der Waals surface area contributed by atoms with Crippen LogP contribution in [0.5, 0.6) is 0 Å². The Hall–Kier alpha value is 0.310. The van der Waals surface area contributed by atoms with Crippen molar-refractivity contribution in [3.8, 4) is 0 Å². The number of halogens is 4. The lowest BCUT2D eigenvalue weighted by molar-refractivity contribution is 0.596. The Labute approximate surface area is 149 Å². The van der Waals surface area contributed by atoms with Crippen LogP contribution in [-0.4, -0.2) is 6.54 Å². The highest BCUT2D eigenvalue weighted by molar-refractivity contribution is 14.1. The van der Waals surface area contributed by atoms with Crippen molar-refractivity contribution >= 4 is 61.5 Å². The summed E-state index contributed by atoms with van der Waals surface area (Å²) in [5, 5.41) is 3.51. The Kier molecular flexibility index (Phi) is 6.28. The summed E-state index contributed by atoms with van der Waals surface area (Å²) < 4.78 is 15.8. The van der Waals surface area contributed by atoms with Gasteiger partial charge in [0.15, 0.2) is 0 Å². The van der Waals surface area contributed by atoms with E-state index in [0.29, 0.717) is 0 Å². The van der Waals surface area contributed by atoms with E-state index in [1.165, 1.54) is 17.4 Å². The predicted octanol–water partition coefficient (Wildman–Crippen LogP) is 6.00. The van der Waals surface area contributed by atoms with Gasteiger partial charge in [0.2, 0.25) is 0 Å². The van der Waals surface area contributed by atoms with Crippen LogP contribution >= 0.6 is 61.5 Å². The molecule has 1 atom stereocenters. The Bertz CT molecular complexity index is 585. The molecule has 0 amide bonds. The van der Waals surface area contributed by atoms with Gasteiger partial charge in [0.25, 0.3) is 0 Å². The highest BCUT2D eigenvalue weighted by atomic mass is 127. The van der Waals surface area contributed by atoms with Gasteiger partial charge in [0, 0.05) is 12.9 Å². The van der Waals surface area contributed by atoms with Gasteiger partial charge in [-0.05, 0) is 75.2 Å². The van der Waals surface area contributed by atoms with E-state index in [2.05, 4.69) is 50.8 Å². The largest absolute Gasteiger partial charge is 0.306 e. The molecule has 1 aromatic heterocycles. The predicted molar refractivity (Wildman–Crippen MR) is 96.3 cm³/mol. The van der Waals surface area contributed by atoms with E-state index in [0.717, 1.165) is 35.8 Å². The zero-order valence-corrected chi connectivity index (χ0v) is 16.0. The SMILES string of the molecule is CCCNC(c1cc(Br)c(Cl)s1)c1ccc(F)cc1I. The lowest BCUT2D eigenvalue weighted by atomic mass is 10.1. The molecule has 1 N–H and O–H groups in total. The Morgan fingerprint density at radius 1 is 1.45 bits per heavy atom. The number of hydrogen-bond donors (Lipinski definition) is 1. The van der Waals surface area contributed by atoms with Crippen molar-refractivity contribution in [3.05, 3.63) is 52.9 Å². The van der Waals surface area contributed by atoms with Crippen molar-refractivity contribution in [1.29, 1.82) is 0 Å². The minimum atomic E-state index is -0.210. The van der Waals surface area contributed by atoms with Crippen molar-refractivity contribution in [1.82, 2.24) is 5.32 Å². The van der Waals surface area contributed by atoms with Gasteiger partial charge in [-0.2, -0.15) is 0 Å². The number of nitrogens with one attached hydrogen (secondary N) is 1. The molecule has 1 unspecified atom stereocenters. The molecule has 0 saturated carbocycles. The summed E-state index contributed by atoms with van der Waals surface area (Å²) in [5.41, 5.74) is 1.07. The average molecular weight is 489 g/mol. The molecule has 0 radical (unpaired) electrons. The molecule has 0 saturated heterocycles. The van der Waals surface area contributed by atoms with Gasteiger partial charge in [-0.1, -0.05) is 24.6 Å². The zero-order chi connectivity index (χ0) is 14.7. The molecule has 108 valence electrons. The first-order valence-electron chi connectivity index (χ1n) is 6.16. The molecule has 0 fully saturated rings. The lowest BCUT2D eigenvalue weighted by Crippen LogP contribution is -2.23. The molecule has 1 aromatic carbocycles. The van der Waals surface area contributed by atoms with Crippen LogP contribution in [0.2, 0.25) is 4.34 Å². The summed E-state index contributed by atoms with van der Waals surface area (Å²) in [6, 6.07) is 6.96. The summed E-state index contributed by atoms with van der Waals surface area (Å²) in [4.78, 5) is 1.12. The first-order chi connectivity index (χ1) is 9.52. The monoisotopic (exact) mass is 487 g/mol. The fraction of sp³-hybridized carbons (Fsp3) is 0.286. The second kappa shape index (κ2) is 7.54. The Morgan fingerprint density at radius 2 is 2.20 bits per heavy atom. The van der Waals surface area contributed by atoms with Crippen molar-refractivity contribution in [2.75, 3.05) is 6.54 Å². The Balaban J connectivity index is 2.41. The van der Waals surface area contributed by atoms with Crippen LogP contribution in [0.4, 0.5) is 4.39 Å². The minimum absolute atomic E-state index is 0.0382. The molecule has 1 nitrogen and oxygen atoms in total. The highest BCUT2D eigenvalue weighted by Gasteiger charge is 2.20. The minimum Gasteiger partial charge on any atom is -0.306 e. The van der Waals surface area contributed by atoms with Crippen LogP contribution in [0.15, 0.2) is 28.7 Å². The van der Waals surface area contributed by atoms with E-state index in [4.69, 9.17) is 11.6 Å². The number of benzene rings is 1. The topological polar surface area (TPSA) is 12.0 Å². The van der Waals surface area contributed by atoms with E-state index in [-0.39, 0.29) is 11.9 Å². The van der Waals surface area contributed by atoms with E-state index >= 15 is 0 Å². The number of hydrogen-bond acceptors (Lipinski definition) is 2. The maximum absolute atomic E-state index is 13.3. The molecule has 0 aliphatic heterocycles. The first kappa shape index (κ1) is 16.7. The quantitative estimate of drug-likeness (QED) is 0.510. The van der Waals surface area contributed by atoms with Crippen LogP contribution in [0.1, 0.15) is 29.8 Å². The van der Waals surface area contributed by atoms with Gasteiger partial charge >= 0.3 is 0 Å². The van der Waals surface area contributed by atoms with Crippen molar-refractivity contribution in [3.63, 3.8) is 0 Å². The van der Waals surface area contributed by atoms with Crippen molar-refractivity contribution in [2.24, 2.45) is 0 Å². The third-order valence-corrected chi connectivity index (χ3v) is 6.29. The molecular weight excluding hydrogens is 475 g/mol. The molecule has 20 heavy (non-hydrogen) atoms. The van der Waals surface area contributed by atoms with E-state index < -0.39 is 0 Å². The second-order valence-corrected chi connectivity index (χ2v) is 8.03. The normalized spacial score (nSPS) is 12.7. The summed E-state index contributed by atoms with van der Waals surface area (Å²) in [7, 11) is 0. The van der Waals surface area contributed by atoms with E-state index in [1.807, 2.05) is 12.1 Å². The lowest BCUT2D eigenvalue weighted by Gasteiger charge is -2.19. The van der Waals surface area contributed by atoms with E-state index in [9.17, 15) is 4.39 Å². The third-order valence-electron chi connectivity index (χ3n) is 2.82. The maximum Gasteiger partial charge on any atom is 0.124 e. The van der Waals surface area contributed by atoms with Crippen LogP contribution in [0.25, 0.3) is 0 Å². The number of rotatable bonds is 5. The average Bonchev–Trinajstić information content (AvgIpc) is 2.72. The fourth-order valence-corrected chi connectivity index (χ4v) is 4.51. The van der Waals surface area contributed by atoms with Crippen LogP contribution in [0.3, 0.4) is 0 Å². The van der Waals surface area contributed by atoms with Crippen LogP contribution in [-0.2, 0) is 0 Å². The molecular formula is C14H13BrClFINS. The summed E-state index contributed by atoms with van der Waals surface area (Å²) >= 11 is 13.3. The molecule has 0 aliphatic carbocycles. The smallest absolute Gasteiger partial charge is 0.124 e. The van der Waals surface area contributed by atoms with Gasteiger partial charge in [-0.15, -0.1) is 11.3 Å². The maximum atomic E-state index is 13.3. The summed E-state index contributed by atoms with van der Waals surface area (Å²) in [5.74, 6) is -0.210. The van der Waals surface area contributed by atoms with Gasteiger partial charge in [0.1, 0.15) is 10.2 Å². The third kappa shape index (κ3) is 3.94. The van der Waals surface area contributed by atoms with E-state index in [1.54, 1.807) is 6.07 Å². The zero-order valence-electron chi connectivity index (χ0n) is 10.7. The Morgan fingerprint density at radius 3 is 2.75 bits per heavy atom. The summed E-state index contributed by atoms with van der Waals surface area (Å²) in [6.45, 7) is 3.02. The molecule has 1 heterocycles.